The van der Waals surface area contributed by atoms with E-state index in [4.69, 9.17) is 4.98 Å². The van der Waals surface area contributed by atoms with Gasteiger partial charge in [-0.3, -0.25) is 4.98 Å². The van der Waals surface area contributed by atoms with Crippen molar-refractivity contribution in [3.8, 4) is 16.8 Å². The van der Waals surface area contributed by atoms with Gasteiger partial charge in [-0.15, -0.1) is 0 Å². The summed E-state index contributed by atoms with van der Waals surface area (Å²) < 4.78 is 2.43. The van der Waals surface area contributed by atoms with Crippen LogP contribution in [0.2, 0.25) is 0 Å². The zero-order valence-corrected chi connectivity index (χ0v) is 25.5. The number of aromatic nitrogens is 2. The van der Waals surface area contributed by atoms with Gasteiger partial charge in [0, 0.05) is 44.9 Å². The molecule has 7 aromatic rings. The van der Waals surface area contributed by atoms with Gasteiger partial charge in [-0.1, -0.05) is 80.6 Å². The van der Waals surface area contributed by atoms with E-state index >= 15 is 0 Å². The molecule has 2 aliphatic rings. The summed E-state index contributed by atoms with van der Waals surface area (Å²) in [5.74, 6) is 0. The first kappa shape index (κ1) is 25.4. The lowest BCUT2D eigenvalue weighted by Gasteiger charge is -2.33. The molecule has 0 saturated heterocycles. The van der Waals surface area contributed by atoms with Crippen molar-refractivity contribution in [1.82, 2.24) is 9.55 Å². The first-order valence-electron chi connectivity index (χ1n) is 15.5. The van der Waals surface area contributed by atoms with E-state index in [9.17, 15) is 0 Å². The summed E-state index contributed by atoms with van der Waals surface area (Å²) in [7, 11) is 0. The molecule has 3 heteroatoms. The predicted molar refractivity (Wildman–Crippen MR) is 183 cm³/mol. The normalized spacial score (nSPS) is 15.2. The molecule has 0 atom stereocenters. The number of hydrogen-bond acceptors (Lipinski definition) is 2. The van der Waals surface area contributed by atoms with Gasteiger partial charge in [-0.05, 0) is 96.3 Å². The van der Waals surface area contributed by atoms with Crippen molar-refractivity contribution in [2.75, 3.05) is 4.90 Å². The number of rotatable bonds is 3. The van der Waals surface area contributed by atoms with E-state index in [1.54, 1.807) is 0 Å². The van der Waals surface area contributed by atoms with Crippen molar-refractivity contribution < 1.29 is 0 Å². The molecule has 0 bridgehead atoms. The standard InChI is InChI=1S/C41H33N3/c1-40(2)33-16-9-8-14-29(33)30-21-19-28(25-35(30)40)43(26-12-6-5-7-13-26)27-20-22-36-32(24-27)31-15-10-17-34-38(31)44(36)37-18-11-23-42-39(37)41(34,3)4/h5-25H,1-4H3. The van der Waals surface area contributed by atoms with Gasteiger partial charge in [0.1, 0.15) is 0 Å². The highest BCUT2D eigenvalue weighted by Gasteiger charge is 2.37. The minimum absolute atomic E-state index is 0.0679. The lowest BCUT2D eigenvalue weighted by molar-refractivity contribution is 0.606. The Kier molecular flexibility index (Phi) is 5.02. The predicted octanol–water partition coefficient (Wildman–Crippen LogP) is 10.6. The second-order valence-corrected chi connectivity index (χ2v) is 13.3. The quantitative estimate of drug-likeness (QED) is 0.212. The molecule has 5 aromatic carbocycles. The number of hydrogen-bond donors (Lipinski definition) is 0. The summed E-state index contributed by atoms with van der Waals surface area (Å²) in [6, 6.07) is 44.6. The number of nitrogens with zero attached hydrogens (tertiary/aromatic N) is 3. The molecule has 44 heavy (non-hydrogen) atoms. The van der Waals surface area contributed by atoms with Crippen molar-refractivity contribution in [1.29, 1.82) is 0 Å². The van der Waals surface area contributed by atoms with Gasteiger partial charge in [0.05, 0.1) is 22.4 Å². The Bertz CT molecular complexity index is 2290. The van der Waals surface area contributed by atoms with Crippen LogP contribution in [0.4, 0.5) is 17.1 Å². The molecule has 0 spiro atoms. The minimum Gasteiger partial charge on any atom is -0.310 e. The lowest BCUT2D eigenvalue weighted by atomic mass is 9.77. The maximum atomic E-state index is 4.90. The molecule has 0 fully saturated rings. The van der Waals surface area contributed by atoms with Crippen molar-refractivity contribution in [3.63, 3.8) is 0 Å². The van der Waals surface area contributed by atoms with Crippen LogP contribution in [0.1, 0.15) is 50.1 Å². The average molecular weight is 568 g/mol. The summed E-state index contributed by atoms with van der Waals surface area (Å²) in [5, 5.41) is 2.53. The second-order valence-electron chi connectivity index (χ2n) is 13.3. The third-order valence-corrected chi connectivity index (χ3v) is 10.2. The van der Waals surface area contributed by atoms with Gasteiger partial charge in [-0.25, -0.2) is 0 Å². The molecule has 1 aliphatic carbocycles. The molecule has 2 aromatic heterocycles. The van der Waals surface area contributed by atoms with Crippen molar-refractivity contribution in [2.24, 2.45) is 0 Å². The van der Waals surface area contributed by atoms with E-state index in [1.165, 1.54) is 61.0 Å². The van der Waals surface area contributed by atoms with E-state index in [0.717, 1.165) is 17.1 Å². The third kappa shape index (κ3) is 3.24. The summed E-state index contributed by atoms with van der Waals surface area (Å²) in [5.41, 5.74) is 14.8. The smallest absolute Gasteiger partial charge is 0.0744 e. The highest BCUT2D eigenvalue weighted by Crippen LogP contribution is 2.51. The Labute approximate surface area is 258 Å². The van der Waals surface area contributed by atoms with Gasteiger partial charge in [0.15, 0.2) is 0 Å². The van der Waals surface area contributed by atoms with Crippen molar-refractivity contribution >= 4 is 38.9 Å². The molecular formula is C41H33N3. The van der Waals surface area contributed by atoms with Crippen LogP contribution < -0.4 is 4.90 Å². The van der Waals surface area contributed by atoms with Crippen LogP contribution in [0.3, 0.4) is 0 Å². The fourth-order valence-electron chi connectivity index (χ4n) is 7.99. The summed E-state index contributed by atoms with van der Waals surface area (Å²) in [6.07, 6.45) is 1.92. The molecule has 0 unspecified atom stereocenters. The van der Waals surface area contributed by atoms with Crippen molar-refractivity contribution in [3.05, 3.63) is 150 Å². The molecule has 0 radical (unpaired) electrons. The van der Waals surface area contributed by atoms with E-state index in [0.29, 0.717) is 0 Å². The van der Waals surface area contributed by atoms with Gasteiger partial charge in [0.25, 0.3) is 0 Å². The zero-order valence-electron chi connectivity index (χ0n) is 25.5. The fourth-order valence-corrected chi connectivity index (χ4v) is 7.99. The van der Waals surface area contributed by atoms with Crippen LogP contribution in [0.5, 0.6) is 0 Å². The van der Waals surface area contributed by atoms with Gasteiger partial charge >= 0.3 is 0 Å². The molecule has 212 valence electrons. The van der Waals surface area contributed by atoms with Crippen LogP contribution in [0.15, 0.2) is 128 Å². The molecular weight excluding hydrogens is 534 g/mol. The number of anilines is 3. The van der Waals surface area contributed by atoms with Crippen LogP contribution in [-0.4, -0.2) is 9.55 Å². The molecule has 0 amide bonds. The maximum Gasteiger partial charge on any atom is 0.0744 e. The van der Waals surface area contributed by atoms with Gasteiger partial charge in [0.2, 0.25) is 0 Å². The summed E-state index contributed by atoms with van der Waals surface area (Å²) >= 11 is 0. The van der Waals surface area contributed by atoms with Crippen LogP contribution in [-0.2, 0) is 10.8 Å². The third-order valence-electron chi connectivity index (χ3n) is 10.2. The van der Waals surface area contributed by atoms with Crippen LogP contribution in [0, 0.1) is 0 Å². The monoisotopic (exact) mass is 567 g/mol. The number of pyridine rings is 1. The maximum absolute atomic E-state index is 4.90. The number of para-hydroxylation sites is 2. The molecule has 0 saturated carbocycles. The van der Waals surface area contributed by atoms with Gasteiger partial charge in [-0.2, -0.15) is 0 Å². The zero-order chi connectivity index (χ0) is 29.8. The molecule has 3 heterocycles. The highest BCUT2D eigenvalue weighted by molar-refractivity contribution is 6.12. The van der Waals surface area contributed by atoms with Crippen molar-refractivity contribution in [2.45, 2.75) is 38.5 Å². The number of benzene rings is 5. The summed E-state index contributed by atoms with van der Waals surface area (Å²) in [6.45, 7) is 9.29. The average Bonchev–Trinajstić information content (AvgIpc) is 3.50. The van der Waals surface area contributed by atoms with E-state index in [-0.39, 0.29) is 10.8 Å². The van der Waals surface area contributed by atoms with E-state index in [1.807, 2.05) is 6.20 Å². The first-order valence-corrected chi connectivity index (χ1v) is 15.5. The van der Waals surface area contributed by atoms with Gasteiger partial charge < -0.3 is 9.47 Å². The van der Waals surface area contributed by atoms with Crippen LogP contribution in [0.25, 0.3) is 38.6 Å². The first-order chi connectivity index (χ1) is 21.4. The fraction of sp³-hybridized carbons (Fsp3) is 0.146. The Morgan fingerprint density at radius 2 is 1.27 bits per heavy atom. The molecule has 3 nitrogen and oxygen atoms in total. The molecule has 0 N–H and O–H groups in total. The topological polar surface area (TPSA) is 21.1 Å². The Hall–Kier alpha value is -5.15. The highest BCUT2D eigenvalue weighted by atomic mass is 15.1. The van der Waals surface area contributed by atoms with E-state index < -0.39 is 0 Å². The SMILES string of the molecule is CC1(C)c2ccccc2-c2ccc(N(c3ccccc3)c3ccc4c(c3)c3cccc5c3n4-c3cccnc3C5(C)C)cc21. The Balaban J connectivity index is 1.29. The van der Waals surface area contributed by atoms with Crippen LogP contribution >= 0.6 is 0 Å². The van der Waals surface area contributed by atoms with E-state index in [2.05, 4.69) is 158 Å². The Morgan fingerprint density at radius 3 is 2.14 bits per heavy atom. The number of fused-ring (bicyclic) bond motifs is 8. The summed E-state index contributed by atoms with van der Waals surface area (Å²) in [4.78, 5) is 7.30. The molecule has 9 rings (SSSR count). The second kappa shape index (κ2) is 8.70. The largest absolute Gasteiger partial charge is 0.310 e. The Morgan fingerprint density at radius 1 is 0.545 bits per heavy atom. The minimum atomic E-state index is -0.186. The lowest BCUT2D eigenvalue weighted by Crippen LogP contribution is -2.27. The molecule has 1 aliphatic heterocycles.